The molecule has 0 atom stereocenters. The number of aromatic amines is 1. The van der Waals surface area contributed by atoms with Crippen molar-refractivity contribution in [2.24, 2.45) is 0 Å². The molecule has 5 rings (SSSR count). The average molecular weight is 453 g/mol. The lowest BCUT2D eigenvalue weighted by molar-refractivity contribution is 0.573. The topological polar surface area (TPSA) is 71.8 Å². The summed E-state index contributed by atoms with van der Waals surface area (Å²) in [6.07, 6.45) is 1.53. The maximum Gasteiger partial charge on any atom is 0.260 e. The molecule has 0 unspecified atom stereocenters. The molecule has 5 aromatic rings. The second-order valence-corrected chi connectivity index (χ2v) is 8.47. The highest BCUT2D eigenvalue weighted by molar-refractivity contribution is 7.98. The molecule has 0 spiro atoms. The van der Waals surface area contributed by atoms with Crippen molar-refractivity contribution >= 4 is 33.3 Å². The first-order valence-electron chi connectivity index (χ1n) is 9.17. The van der Waals surface area contributed by atoms with Crippen LogP contribution in [0.4, 0.5) is 8.78 Å². The van der Waals surface area contributed by atoms with Crippen LogP contribution < -0.4 is 5.56 Å². The lowest BCUT2D eigenvalue weighted by atomic mass is 10.1. The maximum atomic E-state index is 13.2. The van der Waals surface area contributed by atoms with Crippen molar-refractivity contribution in [3.8, 4) is 22.6 Å². The Hall–Kier alpha value is -3.30. The van der Waals surface area contributed by atoms with Crippen LogP contribution in [-0.2, 0) is 5.75 Å². The van der Waals surface area contributed by atoms with E-state index in [1.165, 1.54) is 53.6 Å². The Kier molecular flexibility index (Phi) is 5.13. The predicted octanol–water partition coefficient (Wildman–Crippen LogP) is 5.88. The number of fused-ring (bicyclic) bond motifs is 1. The van der Waals surface area contributed by atoms with Crippen molar-refractivity contribution < 1.29 is 13.2 Å². The number of halogens is 2. The summed E-state index contributed by atoms with van der Waals surface area (Å²) in [5, 5.41) is 2.80. The van der Waals surface area contributed by atoms with Crippen LogP contribution in [0.2, 0.25) is 0 Å². The monoisotopic (exact) mass is 453 g/mol. The Morgan fingerprint density at radius 2 is 1.65 bits per heavy atom. The van der Waals surface area contributed by atoms with E-state index in [0.717, 1.165) is 11.1 Å². The van der Waals surface area contributed by atoms with Gasteiger partial charge in [0.2, 0.25) is 5.89 Å². The first-order chi connectivity index (χ1) is 15.1. The number of hydrogen-bond donors (Lipinski definition) is 1. The first kappa shape index (κ1) is 19.7. The maximum absolute atomic E-state index is 13.2. The molecule has 3 heterocycles. The molecule has 0 bridgehead atoms. The largest absolute Gasteiger partial charge is 0.444 e. The number of benzene rings is 2. The summed E-state index contributed by atoms with van der Waals surface area (Å²) in [4.78, 5) is 25.1. The zero-order valence-corrected chi connectivity index (χ0v) is 17.4. The molecule has 1 N–H and O–H groups in total. The quantitative estimate of drug-likeness (QED) is 0.266. The van der Waals surface area contributed by atoms with Gasteiger partial charge in [0, 0.05) is 22.3 Å². The smallest absolute Gasteiger partial charge is 0.260 e. The van der Waals surface area contributed by atoms with Crippen LogP contribution in [0.5, 0.6) is 0 Å². The average Bonchev–Trinajstić information content (AvgIpc) is 3.41. The van der Waals surface area contributed by atoms with E-state index in [1.807, 2.05) is 5.38 Å². The van der Waals surface area contributed by atoms with Crippen LogP contribution >= 0.6 is 23.1 Å². The zero-order chi connectivity index (χ0) is 21.4. The Bertz CT molecular complexity index is 1420. The van der Waals surface area contributed by atoms with E-state index >= 15 is 0 Å². The molecular formula is C22H13F2N3O2S2. The third-order valence-corrected chi connectivity index (χ3v) is 6.36. The molecule has 9 heteroatoms. The molecular weight excluding hydrogens is 440 g/mol. The third-order valence-electron chi connectivity index (χ3n) is 4.58. The number of rotatable bonds is 5. The number of nitrogens with zero attached hydrogens (tertiary/aromatic N) is 2. The fourth-order valence-corrected chi connectivity index (χ4v) is 4.82. The van der Waals surface area contributed by atoms with Crippen LogP contribution in [0, 0.1) is 11.6 Å². The normalized spacial score (nSPS) is 11.3. The Balaban J connectivity index is 1.36. The molecule has 0 saturated carbocycles. The van der Waals surface area contributed by atoms with Crippen LogP contribution in [-0.4, -0.2) is 15.0 Å². The highest BCUT2D eigenvalue weighted by atomic mass is 32.2. The number of thioether (sulfide) groups is 1. The van der Waals surface area contributed by atoms with Gasteiger partial charge in [0.25, 0.3) is 5.56 Å². The molecule has 0 aliphatic rings. The van der Waals surface area contributed by atoms with Crippen molar-refractivity contribution in [1.29, 1.82) is 0 Å². The Morgan fingerprint density at radius 1 is 0.968 bits per heavy atom. The molecule has 0 radical (unpaired) electrons. The standard InChI is InChI=1S/C22H13F2N3O2S2/c23-14-5-1-12(2-6-14)17-11-30-21-18(17)19(28)26-22(27-21)31-10-16-9-29-20(25-16)13-3-7-15(24)8-4-13/h1-9,11H,10H2,(H,26,27,28). The van der Waals surface area contributed by atoms with Gasteiger partial charge in [-0.05, 0) is 42.0 Å². The molecule has 31 heavy (non-hydrogen) atoms. The summed E-state index contributed by atoms with van der Waals surface area (Å²) in [6.45, 7) is 0. The highest BCUT2D eigenvalue weighted by Crippen LogP contribution is 2.32. The van der Waals surface area contributed by atoms with Crippen molar-refractivity contribution in [1.82, 2.24) is 15.0 Å². The summed E-state index contributed by atoms with van der Waals surface area (Å²) in [6, 6.07) is 11.9. The molecule has 154 valence electrons. The first-order valence-corrected chi connectivity index (χ1v) is 11.0. The molecule has 0 aliphatic heterocycles. The molecule has 5 nitrogen and oxygen atoms in total. The van der Waals surface area contributed by atoms with Gasteiger partial charge >= 0.3 is 0 Å². The van der Waals surface area contributed by atoms with Crippen LogP contribution in [0.3, 0.4) is 0 Å². The molecule has 0 amide bonds. The van der Waals surface area contributed by atoms with Crippen molar-refractivity contribution in [2.75, 3.05) is 0 Å². The predicted molar refractivity (Wildman–Crippen MR) is 117 cm³/mol. The Labute approximate surface area is 182 Å². The van der Waals surface area contributed by atoms with Crippen LogP contribution in [0.1, 0.15) is 5.69 Å². The minimum atomic E-state index is -0.329. The van der Waals surface area contributed by atoms with Gasteiger partial charge in [0.1, 0.15) is 22.7 Å². The summed E-state index contributed by atoms with van der Waals surface area (Å²) < 4.78 is 31.7. The lowest BCUT2D eigenvalue weighted by Gasteiger charge is -2.01. The second kappa shape index (κ2) is 8.09. The summed E-state index contributed by atoms with van der Waals surface area (Å²) in [7, 11) is 0. The van der Waals surface area contributed by atoms with E-state index in [-0.39, 0.29) is 17.2 Å². The minimum Gasteiger partial charge on any atom is -0.444 e. The molecule has 0 fully saturated rings. The summed E-state index contributed by atoms with van der Waals surface area (Å²) >= 11 is 2.69. The van der Waals surface area contributed by atoms with Gasteiger partial charge in [-0.15, -0.1) is 11.3 Å². The Morgan fingerprint density at radius 3 is 2.35 bits per heavy atom. The van der Waals surface area contributed by atoms with E-state index in [2.05, 4.69) is 15.0 Å². The second-order valence-electron chi connectivity index (χ2n) is 6.65. The van der Waals surface area contributed by atoms with E-state index in [0.29, 0.717) is 38.3 Å². The number of H-pyrrole nitrogens is 1. The van der Waals surface area contributed by atoms with E-state index < -0.39 is 0 Å². The summed E-state index contributed by atoms with van der Waals surface area (Å²) in [5.74, 6) is 0.182. The van der Waals surface area contributed by atoms with E-state index in [9.17, 15) is 13.6 Å². The van der Waals surface area contributed by atoms with Gasteiger partial charge in [-0.1, -0.05) is 23.9 Å². The van der Waals surface area contributed by atoms with Gasteiger partial charge in [-0.2, -0.15) is 0 Å². The number of aromatic nitrogens is 3. The van der Waals surface area contributed by atoms with Crippen LogP contribution in [0.15, 0.2) is 74.5 Å². The fourth-order valence-electron chi connectivity index (χ4n) is 3.08. The third kappa shape index (κ3) is 4.01. The van der Waals surface area contributed by atoms with Gasteiger partial charge in [-0.3, -0.25) is 4.79 Å². The molecule has 3 aromatic heterocycles. The van der Waals surface area contributed by atoms with Gasteiger partial charge in [0.15, 0.2) is 5.16 Å². The SMILES string of the molecule is O=c1[nH]c(SCc2coc(-c3ccc(F)cc3)n2)nc2scc(-c3ccc(F)cc3)c12. The minimum absolute atomic E-state index is 0.250. The molecule has 0 saturated heterocycles. The van der Waals surface area contributed by atoms with Gasteiger partial charge < -0.3 is 9.40 Å². The van der Waals surface area contributed by atoms with Crippen LogP contribution in [0.25, 0.3) is 32.8 Å². The molecule has 2 aromatic carbocycles. The number of hydrogen-bond acceptors (Lipinski definition) is 6. The van der Waals surface area contributed by atoms with Crippen molar-refractivity contribution in [3.63, 3.8) is 0 Å². The highest BCUT2D eigenvalue weighted by Gasteiger charge is 2.14. The van der Waals surface area contributed by atoms with Gasteiger partial charge in [-0.25, -0.2) is 18.7 Å². The van der Waals surface area contributed by atoms with Gasteiger partial charge in [0.05, 0.1) is 11.1 Å². The summed E-state index contributed by atoms with van der Waals surface area (Å²) in [5.41, 5.74) is 2.59. The number of thiophene rings is 1. The van der Waals surface area contributed by atoms with Crippen molar-refractivity contribution in [3.05, 3.63) is 87.9 Å². The fraction of sp³-hybridized carbons (Fsp3) is 0.0455. The van der Waals surface area contributed by atoms with E-state index in [1.54, 1.807) is 24.3 Å². The number of nitrogens with one attached hydrogen (secondary N) is 1. The zero-order valence-electron chi connectivity index (χ0n) is 15.8. The number of oxazole rings is 1. The van der Waals surface area contributed by atoms with E-state index in [4.69, 9.17) is 4.42 Å². The lowest BCUT2D eigenvalue weighted by Crippen LogP contribution is -2.08. The molecule has 0 aliphatic carbocycles. The van der Waals surface area contributed by atoms with Crippen molar-refractivity contribution in [2.45, 2.75) is 10.9 Å².